The number of hydrogen-bond donors (Lipinski definition) is 1. The fourth-order valence-electron chi connectivity index (χ4n) is 4.00. The van der Waals surface area contributed by atoms with Crippen molar-refractivity contribution >= 4 is 35.3 Å². The minimum Gasteiger partial charge on any atom is -0.489 e. The number of hydrogen-bond acceptors (Lipinski definition) is 7. The number of thioether (sulfide) groups is 1. The molecule has 0 saturated heterocycles. The third-order valence-electron chi connectivity index (χ3n) is 6.00. The van der Waals surface area contributed by atoms with Crippen LogP contribution in [-0.2, 0) is 16.1 Å². The van der Waals surface area contributed by atoms with Gasteiger partial charge in [-0.1, -0.05) is 74.3 Å². The van der Waals surface area contributed by atoms with Gasteiger partial charge in [0, 0.05) is 16.5 Å². The molecule has 0 bridgehead atoms. The van der Waals surface area contributed by atoms with Gasteiger partial charge < -0.3 is 14.8 Å². The fourth-order valence-corrected chi connectivity index (χ4v) is 5.12. The highest BCUT2D eigenvalue weighted by Crippen LogP contribution is 2.37. The van der Waals surface area contributed by atoms with Crippen LogP contribution >= 0.6 is 23.4 Å². The van der Waals surface area contributed by atoms with Crippen LogP contribution in [0.25, 0.3) is 0 Å². The second kappa shape index (κ2) is 13.0. The Hall–Kier alpha value is -2.97. The summed E-state index contributed by atoms with van der Waals surface area (Å²) in [5.41, 5.74) is 3.14. The van der Waals surface area contributed by atoms with Crippen molar-refractivity contribution in [3.05, 3.63) is 76.0 Å². The zero-order valence-electron chi connectivity index (χ0n) is 21.5. The van der Waals surface area contributed by atoms with E-state index in [1.807, 2.05) is 55.5 Å². The molecule has 2 heterocycles. The molecule has 0 saturated carbocycles. The smallest absolute Gasteiger partial charge is 0.338 e. The number of allylic oxidation sites excluding steroid dienone is 1. The predicted octanol–water partition coefficient (Wildman–Crippen LogP) is 7.03. The molecule has 0 spiro atoms. The number of carbonyl (C=O) groups is 1. The molecule has 1 unspecified atom stereocenters. The van der Waals surface area contributed by atoms with E-state index in [2.05, 4.69) is 24.1 Å². The average molecular weight is 541 g/mol. The number of esters is 1. The number of fused-ring (bicyclic) bond motifs is 1. The predicted molar refractivity (Wildman–Crippen MR) is 148 cm³/mol. The number of aromatic nitrogens is 3. The first-order valence-electron chi connectivity index (χ1n) is 12.7. The van der Waals surface area contributed by atoms with Crippen LogP contribution in [0.4, 0.5) is 5.95 Å². The van der Waals surface area contributed by atoms with Crippen molar-refractivity contribution in [3.8, 4) is 5.75 Å². The molecule has 1 atom stereocenters. The highest BCUT2D eigenvalue weighted by Gasteiger charge is 2.35. The van der Waals surface area contributed by atoms with Gasteiger partial charge in [-0.3, -0.25) is 0 Å². The maximum Gasteiger partial charge on any atom is 0.338 e. The third kappa shape index (κ3) is 6.87. The summed E-state index contributed by atoms with van der Waals surface area (Å²) in [6, 6.07) is 14.9. The van der Waals surface area contributed by atoms with E-state index in [1.54, 1.807) is 16.4 Å². The highest BCUT2D eigenvalue weighted by atomic mass is 35.5. The van der Waals surface area contributed by atoms with Crippen LogP contribution in [0.15, 0.2) is 65.0 Å². The molecule has 3 aromatic rings. The van der Waals surface area contributed by atoms with Crippen molar-refractivity contribution < 1.29 is 14.3 Å². The lowest BCUT2D eigenvalue weighted by molar-refractivity contribution is -0.139. The molecule has 0 amide bonds. The molecule has 4 rings (SSSR count). The van der Waals surface area contributed by atoms with Gasteiger partial charge in [0.25, 0.3) is 0 Å². The van der Waals surface area contributed by atoms with Crippen LogP contribution in [0, 0.1) is 0 Å². The van der Waals surface area contributed by atoms with E-state index < -0.39 is 6.04 Å². The summed E-state index contributed by atoms with van der Waals surface area (Å²) in [5.74, 6) is 1.95. The van der Waals surface area contributed by atoms with Gasteiger partial charge in [-0.05, 0) is 55.2 Å². The molecule has 0 fully saturated rings. The molecule has 1 aliphatic rings. The molecule has 0 aliphatic carbocycles. The van der Waals surface area contributed by atoms with Crippen LogP contribution in [0.3, 0.4) is 0 Å². The van der Waals surface area contributed by atoms with E-state index >= 15 is 0 Å². The Bertz CT molecular complexity index is 1240. The Morgan fingerprint density at radius 3 is 2.65 bits per heavy atom. The zero-order chi connectivity index (χ0) is 26.2. The van der Waals surface area contributed by atoms with Crippen molar-refractivity contribution in [3.63, 3.8) is 0 Å². The van der Waals surface area contributed by atoms with Crippen LogP contribution in [0.2, 0.25) is 5.02 Å². The summed E-state index contributed by atoms with van der Waals surface area (Å²) >= 11 is 7.71. The maximum absolute atomic E-state index is 13.2. The Balaban J connectivity index is 1.60. The van der Waals surface area contributed by atoms with E-state index in [1.165, 1.54) is 0 Å². The van der Waals surface area contributed by atoms with Gasteiger partial charge in [-0.2, -0.15) is 4.98 Å². The van der Waals surface area contributed by atoms with Gasteiger partial charge >= 0.3 is 5.97 Å². The number of anilines is 1. The van der Waals surface area contributed by atoms with E-state index in [4.69, 9.17) is 26.2 Å². The summed E-state index contributed by atoms with van der Waals surface area (Å²) in [6.45, 7) is 6.91. The Morgan fingerprint density at radius 2 is 1.92 bits per heavy atom. The molecule has 37 heavy (non-hydrogen) atoms. The van der Waals surface area contributed by atoms with E-state index in [0.29, 0.717) is 34.9 Å². The van der Waals surface area contributed by atoms with Crippen LogP contribution < -0.4 is 10.1 Å². The maximum atomic E-state index is 13.2. The summed E-state index contributed by atoms with van der Waals surface area (Å²) in [6.07, 6.45) is 3.98. The number of rotatable bonds is 12. The molecule has 7 nitrogen and oxygen atoms in total. The summed E-state index contributed by atoms with van der Waals surface area (Å²) in [7, 11) is 0. The number of halogens is 1. The first kappa shape index (κ1) is 27.1. The van der Waals surface area contributed by atoms with E-state index in [9.17, 15) is 4.79 Å². The highest BCUT2D eigenvalue weighted by molar-refractivity contribution is 7.99. The quantitative estimate of drug-likeness (QED) is 0.150. The molecule has 9 heteroatoms. The topological polar surface area (TPSA) is 78.3 Å². The van der Waals surface area contributed by atoms with Crippen LogP contribution in [0.1, 0.15) is 63.6 Å². The molecule has 2 aromatic carbocycles. The summed E-state index contributed by atoms with van der Waals surface area (Å²) < 4.78 is 13.4. The van der Waals surface area contributed by atoms with Crippen molar-refractivity contribution in [1.29, 1.82) is 0 Å². The zero-order valence-corrected chi connectivity index (χ0v) is 23.1. The van der Waals surface area contributed by atoms with Gasteiger partial charge in [0.2, 0.25) is 11.1 Å². The fraction of sp³-hybridized carbons (Fsp3) is 0.393. The van der Waals surface area contributed by atoms with E-state index in [0.717, 1.165) is 54.0 Å². The number of ether oxygens (including phenoxy) is 2. The van der Waals surface area contributed by atoms with Crippen molar-refractivity contribution in [2.24, 2.45) is 0 Å². The second-order valence-electron chi connectivity index (χ2n) is 8.91. The lowest BCUT2D eigenvalue weighted by Gasteiger charge is -2.28. The van der Waals surface area contributed by atoms with Crippen LogP contribution in [0.5, 0.6) is 5.75 Å². The first-order valence-corrected chi connectivity index (χ1v) is 14.1. The normalized spacial score (nSPS) is 14.8. The number of benzene rings is 2. The molecule has 0 radical (unpaired) electrons. The lowest BCUT2D eigenvalue weighted by atomic mass is 9.96. The average Bonchev–Trinajstić information content (AvgIpc) is 3.29. The number of nitrogens with zero attached hydrogens (tertiary/aromatic N) is 3. The minimum absolute atomic E-state index is 0.342. The molecule has 1 aromatic heterocycles. The molecule has 1 aliphatic heterocycles. The number of carbonyl (C=O) groups excluding carboxylic acids is 1. The van der Waals surface area contributed by atoms with Gasteiger partial charge in [0.15, 0.2) is 0 Å². The van der Waals surface area contributed by atoms with Gasteiger partial charge in [0.05, 0.1) is 12.2 Å². The monoisotopic (exact) mass is 540 g/mol. The molecular weight excluding hydrogens is 508 g/mol. The van der Waals surface area contributed by atoms with E-state index in [-0.39, 0.29) is 5.97 Å². The standard InChI is InChI=1S/C28H33ClN4O3S/c1-4-6-15-35-26(34)24-19(3)30-27-31-28(37-16-7-5-2)32-33(27)25(24)21-11-13-23(14-12-21)36-18-20-9-8-10-22(29)17-20/h8-14,17,25H,4-7,15-16,18H2,1-3H3,(H,30,31,32). The molecule has 196 valence electrons. The minimum atomic E-state index is -0.458. The number of unbranched alkanes of at least 4 members (excludes halogenated alkanes) is 2. The SMILES string of the molecule is CCCCOC(=O)C1=C(C)Nc2nc(SCCCC)nn2C1c1ccc(OCc2cccc(Cl)c2)cc1. The van der Waals surface area contributed by atoms with Crippen molar-refractivity contribution in [2.45, 2.75) is 64.3 Å². The van der Waals surface area contributed by atoms with Crippen LogP contribution in [-0.4, -0.2) is 33.1 Å². The Morgan fingerprint density at radius 1 is 1.14 bits per heavy atom. The first-order chi connectivity index (χ1) is 18.0. The molecule has 1 N–H and O–H groups in total. The summed E-state index contributed by atoms with van der Waals surface area (Å²) in [5, 5.41) is 9.41. The van der Waals surface area contributed by atoms with Crippen molar-refractivity contribution in [2.75, 3.05) is 17.7 Å². The largest absolute Gasteiger partial charge is 0.489 e. The lowest BCUT2D eigenvalue weighted by Crippen LogP contribution is -2.29. The molecular formula is C28H33ClN4O3S. The Kier molecular flexibility index (Phi) is 9.52. The Labute approximate surface area is 227 Å². The van der Waals surface area contributed by atoms with Crippen molar-refractivity contribution in [1.82, 2.24) is 14.8 Å². The van der Waals surface area contributed by atoms with Gasteiger partial charge in [-0.25, -0.2) is 9.48 Å². The number of nitrogens with one attached hydrogen (secondary N) is 1. The third-order valence-corrected chi connectivity index (χ3v) is 7.16. The second-order valence-corrected chi connectivity index (χ2v) is 10.4. The van der Waals surface area contributed by atoms with Gasteiger partial charge in [0.1, 0.15) is 18.4 Å². The summed E-state index contributed by atoms with van der Waals surface area (Å²) in [4.78, 5) is 17.9. The van der Waals surface area contributed by atoms with Gasteiger partial charge in [-0.15, -0.1) is 5.10 Å².